The van der Waals surface area contributed by atoms with Gasteiger partial charge < -0.3 is 86.1 Å². The summed E-state index contributed by atoms with van der Waals surface area (Å²) in [6.45, 7) is 6.66. The van der Waals surface area contributed by atoms with Crippen LogP contribution in [0.2, 0.25) is 0 Å². The van der Waals surface area contributed by atoms with Crippen molar-refractivity contribution < 1.29 is 86.3 Å². The van der Waals surface area contributed by atoms with Gasteiger partial charge in [-0.05, 0) is 55.0 Å². The van der Waals surface area contributed by atoms with E-state index < -0.39 is 122 Å². The standard InChI is InChI=1S/C55H74N12O19/c1-9-32-33-19-31(11-12-37(33)65-47-34(32)26-67-39(47)20-36-35(49(67)76)27-84-51(78)55(36,81)10-2)86-53(80)66(7)17-18-83-50(77)30(3)63-41(69)14-16-57-52(79)85-28-38(48(75)62-29-82-8)64-46(74)25-61-45(73)24-60-44(72)23-59-43(71)22-58-40(68)13-15-56-42(70)21-54(4,5)6/h11-12,19-20,30,38,81H,9-10,13-18,21-29H2,1-8H3,(H,56,70)(H,57,79)(H,58,68)(H,59,71)(H,60,72)(H,61,73)(H,62,75)(H,63,69)(H,64,74)/t30?,38?,55-/m1/s1. The van der Waals surface area contributed by atoms with Crippen molar-refractivity contribution in [2.45, 2.75) is 104 Å². The van der Waals surface area contributed by atoms with Crippen molar-refractivity contribution in [2.24, 2.45) is 5.41 Å². The highest BCUT2D eigenvalue weighted by atomic mass is 16.6. The van der Waals surface area contributed by atoms with E-state index in [2.05, 4.69) is 47.9 Å². The Morgan fingerprint density at radius 1 is 0.779 bits per heavy atom. The number of cyclic esters (lactones) is 1. The van der Waals surface area contributed by atoms with E-state index in [1.165, 1.54) is 26.0 Å². The molecule has 2 unspecified atom stereocenters. The number of hydrogen-bond donors (Lipinski definition) is 10. The molecule has 2 aliphatic heterocycles. The Balaban J connectivity index is 0.967. The number of pyridine rings is 2. The van der Waals surface area contributed by atoms with Crippen molar-refractivity contribution in [1.29, 1.82) is 0 Å². The molecule has 4 heterocycles. The molecule has 2 aliphatic rings. The van der Waals surface area contributed by atoms with Crippen LogP contribution in [0.3, 0.4) is 0 Å². The number of alkyl carbamates (subject to hydrolysis) is 1. The summed E-state index contributed by atoms with van der Waals surface area (Å²) in [5.74, 6) is -6.91. The van der Waals surface area contributed by atoms with Crippen LogP contribution in [-0.4, -0.2) is 183 Å². The van der Waals surface area contributed by atoms with Gasteiger partial charge in [-0.1, -0.05) is 34.6 Å². The third-order valence-electron chi connectivity index (χ3n) is 13.2. The lowest BCUT2D eigenvalue weighted by molar-refractivity contribution is -0.172. The molecule has 0 bridgehead atoms. The van der Waals surface area contributed by atoms with Crippen LogP contribution in [0.1, 0.15) is 89.5 Å². The molecule has 0 saturated carbocycles. The number of carbonyl (C=O) groups is 12. The number of nitrogens with zero attached hydrogens (tertiary/aromatic N) is 3. The number of esters is 2. The summed E-state index contributed by atoms with van der Waals surface area (Å²) in [4.78, 5) is 169. The van der Waals surface area contributed by atoms with E-state index in [1.54, 1.807) is 35.8 Å². The van der Waals surface area contributed by atoms with Crippen LogP contribution >= 0.6 is 0 Å². The van der Waals surface area contributed by atoms with Crippen molar-refractivity contribution >= 4 is 82.3 Å². The lowest BCUT2D eigenvalue weighted by atomic mass is 9.86. The second kappa shape index (κ2) is 31.0. The monoisotopic (exact) mass is 1210 g/mol. The van der Waals surface area contributed by atoms with E-state index in [0.29, 0.717) is 28.7 Å². The Bertz CT molecular complexity index is 3160. The number of methoxy groups -OCH3 is 1. The van der Waals surface area contributed by atoms with E-state index in [4.69, 9.17) is 28.7 Å². The number of aliphatic hydroxyl groups is 1. The number of hydrogen-bond acceptors (Lipinski definition) is 20. The number of nitrogens with one attached hydrogen (secondary N) is 9. The van der Waals surface area contributed by atoms with Crippen molar-refractivity contribution in [3.63, 3.8) is 0 Å². The zero-order chi connectivity index (χ0) is 63.5. The summed E-state index contributed by atoms with van der Waals surface area (Å²) in [6, 6.07) is 3.88. The minimum atomic E-state index is -1.97. The minimum absolute atomic E-state index is 0.00403. The highest BCUT2D eigenvalue weighted by Gasteiger charge is 2.45. The lowest BCUT2D eigenvalue weighted by Crippen LogP contribution is -2.53. The number of carbonyl (C=O) groups excluding carboxylic acids is 12. The van der Waals surface area contributed by atoms with Crippen molar-refractivity contribution in [2.75, 3.05) is 79.9 Å². The summed E-state index contributed by atoms with van der Waals surface area (Å²) in [7, 11) is 2.70. The molecule has 0 spiro atoms. The SMILES string of the molecule is CCc1c2c(nc3ccc(OC(=O)N(C)CCOC(=O)C(C)NC(=O)CCNC(=O)OCC(NC(=O)CNC(=O)CNC(=O)CNC(=O)CNC(=O)CCNC(=O)CC(C)(C)C)C(=O)NCOC)cc13)-c1cc3c(c(=O)n1C2)COC(=O)[C@@]3(O)CC. The average Bonchev–Trinajstić information content (AvgIpc) is 1.56. The van der Waals surface area contributed by atoms with Gasteiger partial charge in [0.1, 0.15) is 44.4 Å². The quantitative estimate of drug-likeness (QED) is 0.0157. The van der Waals surface area contributed by atoms with Crippen LogP contribution in [-0.2, 0) is 92.1 Å². The van der Waals surface area contributed by atoms with Gasteiger partial charge in [0.2, 0.25) is 47.3 Å². The number of aromatic nitrogens is 2. The largest absolute Gasteiger partial charge is 0.462 e. The van der Waals surface area contributed by atoms with Gasteiger partial charge in [-0.15, -0.1) is 0 Å². The molecule has 2 aromatic heterocycles. The van der Waals surface area contributed by atoms with Crippen LogP contribution in [0.25, 0.3) is 22.3 Å². The molecule has 31 nitrogen and oxygen atoms in total. The van der Waals surface area contributed by atoms with E-state index in [9.17, 15) is 67.4 Å². The first-order valence-corrected chi connectivity index (χ1v) is 27.5. The second-order valence-electron chi connectivity index (χ2n) is 21.1. The molecule has 10 N–H and O–H groups in total. The van der Waals surface area contributed by atoms with E-state index in [0.717, 1.165) is 11.1 Å². The number of rotatable bonds is 29. The van der Waals surface area contributed by atoms with Gasteiger partial charge in [0.05, 0.1) is 61.7 Å². The molecule has 0 aliphatic carbocycles. The van der Waals surface area contributed by atoms with Crippen molar-refractivity contribution in [3.8, 4) is 17.1 Å². The Morgan fingerprint density at radius 2 is 1.41 bits per heavy atom. The van der Waals surface area contributed by atoms with Gasteiger partial charge in [0.25, 0.3) is 5.56 Å². The van der Waals surface area contributed by atoms with E-state index in [1.807, 2.05) is 27.7 Å². The maximum absolute atomic E-state index is 13.7. The minimum Gasteiger partial charge on any atom is -0.462 e. The molecule has 0 radical (unpaired) electrons. The van der Waals surface area contributed by atoms with Crippen molar-refractivity contribution in [3.05, 3.63) is 56.9 Å². The Labute approximate surface area is 493 Å². The molecule has 5 rings (SSSR count). The lowest BCUT2D eigenvalue weighted by Gasteiger charge is -2.31. The topological polar surface area (TPSA) is 418 Å². The number of benzene rings is 1. The fraction of sp³-hybridized carbons (Fsp3) is 0.527. The summed E-state index contributed by atoms with van der Waals surface area (Å²) in [5, 5.41) is 32.9. The summed E-state index contributed by atoms with van der Waals surface area (Å²) < 4.78 is 27.5. The van der Waals surface area contributed by atoms with Gasteiger partial charge in [-0.2, -0.15) is 0 Å². The number of fused-ring (bicyclic) bond motifs is 5. The predicted molar refractivity (Wildman–Crippen MR) is 301 cm³/mol. The van der Waals surface area contributed by atoms with E-state index in [-0.39, 0.29) is 100 Å². The smallest absolute Gasteiger partial charge is 0.415 e. The predicted octanol–water partition coefficient (Wildman–Crippen LogP) is -2.15. The van der Waals surface area contributed by atoms with Gasteiger partial charge in [-0.3, -0.25) is 43.2 Å². The number of ether oxygens (including phenoxy) is 5. The van der Waals surface area contributed by atoms with Gasteiger partial charge in [0, 0.05) is 63.0 Å². The number of amides is 10. The molecule has 0 saturated heterocycles. The fourth-order valence-corrected chi connectivity index (χ4v) is 8.69. The molecule has 3 aromatic rings. The molecule has 3 atom stereocenters. The highest BCUT2D eigenvalue weighted by Crippen LogP contribution is 2.41. The Morgan fingerprint density at radius 3 is 2.03 bits per heavy atom. The summed E-state index contributed by atoms with van der Waals surface area (Å²) in [6.07, 6.45) is -1.47. The van der Waals surface area contributed by atoms with Crippen LogP contribution in [0.4, 0.5) is 9.59 Å². The summed E-state index contributed by atoms with van der Waals surface area (Å²) >= 11 is 0. The van der Waals surface area contributed by atoms with E-state index >= 15 is 0 Å². The molecular weight excluding hydrogens is 1130 g/mol. The third-order valence-corrected chi connectivity index (χ3v) is 13.2. The van der Waals surface area contributed by atoms with Crippen LogP contribution in [0.5, 0.6) is 5.75 Å². The maximum Gasteiger partial charge on any atom is 0.415 e. The molecule has 31 heteroatoms. The molecule has 1 aromatic carbocycles. The first-order valence-electron chi connectivity index (χ1n) is 27.5. The van der Waals surface area contributed by atoms with Gasteiger partial charge in [0.15, 0.2) is 5.60 Å². The molecule has 468 valence electrons. The number of likely N-dealkylation sites (N-methyl/N-ethyl adjacent to an activating group) is 1. The maximum atomic E-state index is 13.7. The Kier molecular flexibility index (Phi) is 24.4. The third kappa shape index (κ3) is 19.1. The van der Waals surface area contributed by atoms with Crippen LogP contribution < -0.4 is 58.1 Å². The molecule has 0 fully saturated rings. The van der Waals surface area contributed by atoms with Crippen LogP contribution in [0, 0.1) is 5.41 Å². The first-order chi connectivity index (χ1) is 40.7. The normalized spacial score (nSPS) is 14.5. The highest BCUT2D eigenvalue weighted by molar-refractivity contribution is 5.94. The first kappa shape index (κ1) is 67.5. The summed E-state index contributed by atoms with van der Waals surface area (Å²) in [5.41, 5.74) is 0.979. The number of aryl methyl sites for hydroxylation is 1. The molecular formula is C55H74N12O19. The zero-order valence-corrected chi connectivity index (χ0v) is 49.1. The van der Waals surface area contributed by atoms with Gasteiger partial charge >= 0.3 is 24.1 Å². The van der Waals surface area contributed by atoms with Crippen LogP contribution in [0.15, 0.2) is 29.1 Å². The molecule has 10 amide bonds. The Hall–Kier alpha value is -9.26. The second-order valence-corrected chi connectivity index (χ2v) is 21.1. The zero-order valence-electron chi connectivity index (χ0n) is 49.1. The average molecular weight is 1210 g/mol. The van der Waals surface area contributed by atoms with Gasteiger partial charge in [-0.25, -0.2) is 24.2 Å². The fourth-order valence-electron chi connectivity index (χ4n) is 8.69. The molecule has 86 heavy (non-hydrogen) atoms. The van der Waals surface area contributed by atoms with Crippen molar-refractivity contribution in [1.82, 2.24) is 62.3 Å².